The third-order valence-corrected chi connectivity index (χ3v) is 6.55. The first-order chi connectivity index (χ1) is 12.9. The second kappa shape index (κ2) is 9.71. The zero-order chi connectivity index (χ0) is 19.6. The molecule has 0 radical (unpaired) electrons. The van der Waals surface area contributed by atoms with Gasteiger partial charge < -0.3 is 48.8 Å². The van der Waals surface area contributed by atoms with Crippen molar-refractivity contribution in [2.45, 2.75) is 38.0 Å². The molecule has 1 fully saturated rings. The molecule has 1 atom stereocenters. The van der Waals surface area contributed by atoms with Gasteiger partial charge in [0.2, 0.25) is 0 Å². The van der Waals surface area contributed by atoms with E-state index in [-0.39, 0.29) is 46.6 Å². The number of hydrogen-bond donors (Lipinski definition) is 2. The monoisotopic (exact) mass is 524 g/mol. The van der Waals surface area contributed by atoms with E-state index in [1.54, 1.807) is 6.07 Å². The van der Waals surface area contributed by atoms with Crippen molar-refractivity contribution in [2.75, 3.05) is 45.6 Å². The number of hydrogen-bond acceptors (Lipinski definition) is 4. The Labute approximate surface area is 188 Å². The van der Waals surface area contributed by atoms with Gasteiger partial charge in [-0.2, -0.15) is 0 Å². The number of quaternary nitrogens is 1. The number of nitrogens with two attached hydrogens (primary N) is 1. The molecule has 3 rings (SSSR count). The fraction of sp³-hybridized carbons (Fsp3) is 0.650. The van der Waals surface area contributed by atoms with E-state index >= 15 is 0 Å². The molecule has 0 aromatic heterocycles. The molecule has 1 unspecified atom stereocenters. The van der Waals surface area contributed by atoms with Crippen molar-refractivity contribution in [3.05, 3.63) is 17.2 Å². The van der Waals surface area contributed by atoms with E-state index in [4.69, 9.17) is 26.8 Å². The molecule has 28 heavy (non-hydrogen) atoms. The molecule has 1 saturated heterocycles. The summed E-state index contributed by atoms with van der Waals surface area (Å²) in [5.41, 5.74) is 7.43. The Hall–Kier alpha value is -0.930. The Bertz CT molecular complexity index is 708. The van der Waals surface area contributed by atoms with Crippen LogP contribution in [0, 0.1) is 5.92 Å². The van der Waals surface area contributed by atoms with Gasteiger partial charge in [-0.3, -0.25) is 0 Å². The summed E-state index contributed by atoms with van der Waals surface area (Å²) in [6.45, 7) is 6.26. The summed E-state index contributed by atoms with van der Waals surface area (Å²) in [5, 5.41) is 9.24. The Morgan fingerprint density at radius 3 is 2.50 bits per heavy atom. The van der Waals surface area contributed by atoms with E-state index in [1.165, 1.54) is 19.4 Å². The van der Waals surface area contributed by atoms with E-state index in [1.807, 2.05) is 0 Å². The van der Waals surface area contributed by atoms with Crippen LogP contribution < -0.4 is 39.2 Å². The molecule has 0 spiro atoms. The van der Waals surface area contributed by atoms with Gasteiger partial charge in [-0.05, 0) is 24.0 Å². The van der Waals surface area contributed by atoms with Gasteiger partial charge in [-0.1, -0.05) is 13.3 Å². The van der Waals surface area contributed by atoms with Gasteiger partial charge in [0.05, 0.1) is 37.7 Å². The quantitative estimate of drug-likeness (QED) is 0.248. The third-order valence-electron chi connectivity index (χ3n) is 5.95. The minimum Gasteiger partial charge on any atom is -1.00 e. The van der Waals surface area contributed by atoms with Crippen LogP contribution in [0.15, 0.2) is 6.07 Å². The highest BCUT2D eigenvalue weighted by Crippen LogP contribution is 2.47. The summed E-state index contributed by atoms with van der Waals surface area (Å²) in [7, 11) is 2.32. The van der Waals surface area contributed by atoms with E-state index in [9.17, 15) is 9.90 Å². The molecule has 1 aromatic rings. The second-order valence-corrected chi connectivity index (χ2v) is 8.44. The number of fused-ring (bicyclic) bond motifs is 1. The number of aromatic carboxylic acids is 1. The maximum Gasteiger partial charge on any atom is 0.339 e. The lowest BCUT2D eigenvalue weighted by Crippen LogP contribution is -3.00. The molecule has 6 nitrogen and oxygen atoms in total. The number of unbranched alkanes of at least 4 members (excludes halogenated alkanes) is 1. The van der Waals surface area contributed by atoms with Crippen LogP contribution in [0.3, 0.4) is 0 Å². The van der Waals surface area contributed by atoms with E-state index < -0.39 is 5.97 Å². The zero-order valence-corrected chi connectivity index (χ0v) is 19.5. The number of piperidine rings is 1. The van der Waals surface area contributed by atoms with Crippen molar-refractivity contribution in [1.29, 1.82) is 0 Å². The fourth-order valence-electron chi connectivity index (χ4n) is 4.16. The van der Waals surface area contributed by atoms with Crippen LogP contribution in [0.2, 0.25) is 0 Å². The topological polar surface area (TPSA) is 81.8 Å². The standard InChI is InChI=1S/C20H29ClN2O4.HI/c1-3-4-7-23(2)8-5-13(6-9-23)16(21)14-12-15(20(24)25)18-19(17(14)22)27-11-10-26-18;/h12-13,16H,3-11,22H2,1-2H3;1H. The number of rotatable bonds is 6. The van der Waals surface area contributed by atoms with Gasteiger partial charge in [0.25, 0.3) is 0 Å². The van der Waals surface area contributed by atoms with Gasteiger partial charge in [0.1, 0.15) is 18.8 Å². The van der Waals surface area contributed by atoms with E-state index in [0.29, 0.717) is 30.2 Å². The van der Waals surface area contributed by atoms with Crippen LogP contribution in [0.25, 0.3) is 0 Å². The average Bonchev–Trinajstić information content (AvgIpc) is 2.67. The lowest BCUT2D eigenvalue weighted by atomic mass is 9.87. The average molecular weight is 525 g/mol. The Kier molecular flexibility index (Phi) is 8.10. The summed E-state index contributed by atoms with van der Waals surface area (Å²) >= 11 is 6.83. The van der Waals surface area contributed by atoms with Crippen LogP contribution in [-0.2, 0) is 0 Å². The number of alkyl halides is 1. The molecule has 3 N–H and O–H groups in total. The van der Waals surface area contributed by atoms with Crippen LogP contribution in [0.4, 0.5) is 5.69 Å². The van der Waals surface area contributed by atoms with Crippen molar-refractivity contribution in [3.63, 3.8) is 0 Å². The van der Waals surface area contributed by atoms with Gasteiger partial charge >= 0.3 is 5.97 Å². The van der Waals surface area contributed by atoms with Crippen molar-refractivity contribution < 1.29 is 47.8 Å². The molecular weight excluding hydrogens is 495 g/mol. The molecular formula is C20H30ClIN2O4. The number of anilines is 1. The highest BCUT2D eigenvalue weighted by atomic mass is 127. The molecule has 1 aromatic carbocycles. The lowest BCUT2D eigenvalue weighted by Gasteiger charge is -2.42. The molecule has 8 heteroatoms. The minimum absolute atomic E-state index is 0. The molecule has 0 bridgehead atoms. The van der Waals surface area contributed by atoms with Crippen LogP contribution in [0.5, 0.6) is 11.5 Å². The predicted octanol–water partition coefficient (Wildman–Crippen LogP) is 0.679. The normalized spacial score (nSPS) is 24.9. The first-order valence-electron chi connectivity index (χ1n) is 9.79. The van der Waals surface area contributed by atoms with Crippen molar-refractivity contribution in [3.8, 4) is 11.5 Å². The number of nitrogen functional groups attached to an aromatic ring is 1. The maximum absolute atomic E-state index is 11.7. The third kappa shape index (κ3) is 4.79. The van der Waals surface area contributed by atoms with Gasteiger partial charge in [-0.15, -0.1) is 11.6 Å². The van der Waals surface area contributed by atoms with Crippen molar-refractivity contribution in [1.82, 2.24) is 0 Å². The van der Waals surface area contributed by atoms with Gasteiger partial charge in [0.15, 0.2) is 11.5 Å². The highest BCUT2D eigenvalue weighted by Gasteiger charge is 2.36. The molecule has 0 aliphatic carbocycles. The number of nitrogens with zero attached hydrogens (tertiary/aromatic N) is 1. The number of carboxylic acid groups (broad SMARTS) is 1. The van der Waals surface area contributed by atoms with E-state index in [2.05, 4.69) is 14.0 Å². The molecule has 2 aliphatic heterocycles. The maximum atomic E-state index is 11.7. The summed E-state index contributed by atoms with van der Waals surface area (Å²) in [6, 6.07) is 1.57. The van der Waals surface area contributed by atoms with Gasteiger partial charge in [0, 0.05) is 12.8 Å². The zero-order valence-electron chi connectivity index (χ0n) is 16.5. The number of halogens is 2. The lowest BCUT2D eigenvalue weighted by molar-refractivity contribution is -0.915. The molecule has 2 aliphatic rings. The summed E-state index contributed by atoms with van der Waals surface area (Å²) in [6.07, 6.45) is 4.46. The SMILES string of the molecule is CCCC[N+]1(C)CCC(C(Cl)c2cc(C(=O)O)c3c(c2N)OCCO3)CC1.[I-]. The largest absolute Gasteiger partial charge is 1.00 e. The minimum atomic E-state index is -1.06. The van der Waals surface area contributed by atoms with Crippen LogP contribution in [-0.4, -0.2) is 55.5 Å². The van der Waals surface area contributed by atoms with Gasteiger partial charge in [-0.25, -0.2) is 4.79 Å². The second-order valence-electron chi connectivity index (χ2n) is 7.97. The van der Waals surface area contributed by atoms with Crippen molar-refractivity contribution in [2.24, 2.45) is 5.92 Å². The summed E-state index contributed by atoms with van der Waals surface area (Å²) in [5.74, 6) is -0.257. The number of benzene rings is 1. The number of ether oxygens (including phenoxy) is 2. The first kappa shape index (κ1) is 23.3. The Morgan fingerprint density at radius 1 is 1.32 bits per heavy atom. The molecule has 2 heterocycles. The van der Waals surface area contributed by atoms with E-state index in [0.717, 1.165) is 30.4 Å². The number of carboxylic acids is 1. The van der Waals surface area contributed by atoms with Crippen LogP contribution in [0.1, 0.15) is 53.9 Å². The Morgan fingerprint density at radius 2 is 1.93 bits per heavy atom. The molecule has 0 saturated carbocycles. The fourth-order valence-corrected chi connectivity index (χ4v) is 4.59. The smallest absolute Gasteiger partial charge is 0.339 e. The molecule has 158 valence electrons. The first-order valence-corrected chi connectivity index (χ1v) is 10.2. The number of carbonyl (C=O) groups is 1. The van der Waals surface area contributed by atoms with Crippen LogP contribution >= 0.6 is 11.6 Å². The summed E-state index contributed by atoms with van der Waals surface area (Å²) < 4.78 is 12.2. The molecule has 0 amide bonds. The summed E-state index contributed by atoms with van der Waals surface area (Å²) in [4.78, 5) is 11.7. The Balaban J connectivity index is 0.00000280. The predicted molar refractivity (Wildman–Crippen MR) is 106 cm³/mol. The number of likely N-dealkylation sites (tertiary alicyclic amines) is 1. The highest BCUT2D eigenvalue weighted by molar-refractivity contribution is 6.21. The van der Waals surface area contributed by atoms with Crippen molar-refractivity contribution >= 4 is 23.3 Å².